The van der Waals surface area contributed by atoms with Gasteiger partial charge in [0.25, 0.3) is 0 Å². The molecule has 0 aliphatic rings. The Labute approximate surface area is 385 Å². The van der Waals surface area contributed by atoms with Gasteiger partial charge in [-0.3, -0.25) is 13.8 Å². The first-order chi connectivity index (χ1) is 30.0. The molecule has 0 heterocycles. The number of aliphatic hydroxyl groups excluding tert-OH is 1. The molecule has 1 amide bonds. The van der Waals surface area contributed by atoms with Crippen molar-refractivity contribution >= 4 is 13.7 Å². The highest BCUT2D eigenvalue weighted by Crippen LogP contribution is 2.43. The van der Waals surface area contributed by atoms with E-state index in [-0.39, 0.29) is 19.1 Å². The van der Waals surface area contributed by atoms with Gasteiger partial charge in [0.2, 0.25) is 5.91 Å². The normalized spacial score (nSPS) is 14.4. The zero-order chi connectivity index (χ0) is 45.7. The number of nitrogens with one attached hydrogen (secondary N) is 1. The summed E-state index contributed by atoms with van der Waals surface area (Å²) < 4.78 is 23.6. The van der Waals surface area contributed by atoms with Crippen molar-refractivity contribution in [1.29, 1.82) is 0 Å². The second-order valence-corrected chi connectivity index (χ2v) is 20.7. The topological polar surface area (TPSA) is 105 Å². The molecule has 0 aromatic carbocycles. The fraction of sp³-hybridized carbons (Fsp3) is 0.868. The van der Waals surface area contributed by atoms with Crippen LogP contribution in [-0.4, -0.2) is 73.4 Å². The number of phosphoric ester groups is 1. The lowest BCUT2D eigenvalue weighted by Gasteiger charge is -2.25. The average molecular weight is 896 g/mol. The van der Waals surface area contributed by atoms with Crippen LogP contribution in [0.15, 0.2) is 36.5 Å². The van der Waals surface area contributed by atoms with Crippen molar-refractivity contribution in [3.05, 3.63) is 36.5 Å². The van der Waals surface area contributed by atoms with E-state index in [9.17, 15) is 19.4 Å². The maximum Gasteiger partial charge on any atom is 0.472 e. The smallest absolute Gasteiger partial charge is 0.387 e. The number of carbonyl (C=O) groups excluding carboxylic acids is 1. The van der Waals surface area contributed by atoms with Crippen molar-refractivity contribution in [1.82, 2.24) is 5.32 Å². The molecule has 0 rings (SSSR count). The van der Waals surface area contributed by atoms with Crippen molar-refractivity contribution in [2.75, 3.05) is 40.9 Å². The summed E-state index contributed by atoms with van der Waals surface area (Å²) in [6.07, 6.45) is 56.6. The molecule has 0 bridgehead atoms. The van der Waals surface area contributed by atoms with Gasteiger partial charge in [-0.15, -0.1) is 0 Å². The largest absolute Gasteiger partial charge is 0.472 e. The fourth-order valence-electron chi connectivity index (χ4n) is 7.66. The van der Waals surface area contributed by atoms with Crippen LogP contribution in [0.25, 0.3) is 0 Å². The van der Waals surface area contributed by atoms with Gasteiger partial charge in [0.15, 0.2) is 0 Å². The zero-order valence-corrected chi connectivity index (χ0v) is 42.5. The lowest BCUT2D eigenvalue weighted by molar-refractivity contribution is -0.870. The number of hydrogen-bond donors (Lipinski definition) is 3. The molecule has 8 nitrogen and oxygen atoms in total. The molecule has 0 spiro atoms. The highest BCUT2D eigenvalue weighted by atomic mass is 31.2. The maximum atomic E-state index is 12.9. The van der Waals surface area contributed by atoms with Gasteiger partial charge in [0.05, 0.1) is 39.9 Å². The van der Waals surface area contributed by atoms with Gasteiger partial charge in [-0.25, -0.2) is 4.57 Å². The molecule has 0 aromatic heterocycles. The molecule has 3 atom stereocenters. The number of aliphatic hydroxyl groups is 1. The van der Waals surface area contributed by atoms with Crippen molar-refractivity contribution in [3.63, 3.8) is 0 Å². The van der Waals surface area contributed by atoms with Gasteiger partial charge < -0.3 is 19.8 Å². The van der Waals surface area contributed by atoms with E-state index in [4.69, 9.17) is 9.05 Å². The summed E-state index contributed by atoms with van der Waals surface area (Å²) in [5.74, 6) is -0.176. The number of rotatable bonds is 48. The van der Waals surface area contributed by atoms with Crippen LogP contribution in [-0.2, 0) is 18.4 Å². The molecular weight excluding hydrogens is 792 g/mol. The SMILES string of the molecule is CCCCCCC/C=C\C/C=C\CCCCCCCCCCCCCCCCCC(=O)NC(COP(=O)(O)OCC[N+](C)(C)C)C(O)/C=C/CCCCCCCCCCCCC. The van der Waals surface area contributed by atoms with Gasteiger partial charge in [-0.1, -0.05) is 224 Å². The minimum Gasteiger partial charge on any atom is -0.387 e. The lowest BCUT2D eigenvalue weighted by Crippen LogP contribution is -2.45. The molecule has 0 saturated heterocycles. The Balaban J connectivity index is 4.15. The molecule has 9 heteroatoms. The highest BCUT2D eigenvalue weighted by molar-refractivity contribution is 7.47. The maximum absolute atomic E-state index is 12.9. The second-order valence-electron chi connectivity index (χ2n) is 19.3. The summed E-state index contributed by atoms with van der Waals surface area (Å²) in [5, 5.41) is 13.9. The van der Waals surface area contributed by atoms with Crippen molar-refractivity contribution in [2.24, 2.45) is 0 Å². The summed E-state index contributed by atoms with van der Waals surface area (Å²) >= 11 is 0. The molecule has 0 radical (unpaired) electrons. The molecule has 3 N–H and O–H groups in total. The zero-order valence-electron chi connectivity index (χ0n) is 41.6. The van der Waals surface area contributed by atoms with E-state index < -0.39 is 20.0 Å². The predicted molar refractivity (Wildman–Crippen MR) is 268 cm³/mol. The van der Waals surface area contributed by atoms with Crippen molar-refractivity contribution < 1.29 is 32.9 Å². The third kappa shape index (κ3) is 46.7. The Kier molecular flexibility index (Phi) is 44.0. The monoisotopic (exact) mass is 896 g/mol. The highest BCUT2D eigenvalue weighted by Gasteiger charge is 2.27. The number of quaternary nitrogens is 1. The van der Waals surface area contributed by atoms with E-state index in [2.05, 4.69) is 43.5 Å². The Morgan fingerprint density at radius 1 is 0.548 bits per heavy atom. The Morgan fingerprint density at radius 2 is 0.919 bits per heavy atom. The average Bonchev–Trinajstić information content (AvgIpc) is 3.23. The summed E-state index contributed by atoms with van der Waals surface area (Å²) in [6.45, 7) is 4.81. The number of hydrogen-bond acceptors (Lipinski definition) is 5. The number of unbranched alkanes of at least 4 members (excludes halogenated alkanes) is 31. The van der Waals surface area contributed by atoms with Gasteiger partial charge in [0.1, 0.15) is 13.2 Å². The number of carbonyl (C=O) groups is 1. The number of allylic oxidation sites excluding steroid dienone is 5. The van der Waals surface area contributed by atoms with Crippen LogP contribution >= 0.6 is 7.82 Å². The van der Waals surface area contributed by atoms with Crippen molar-refractivity contribution in [3.8, 4) is 0 Å². The van der Waals surface area contributed by atoms with Gasteiger partial charge in [-0.05, 0) is 51.4 Å². The summed E-state index contributed by atoms with van der Waals surface area (Å²) in [6, 6.07) is -0.844. The Morgan fingerprint density at radius 3 is 1.32 bits per heavy atom. The van der Waals surface area contributed by atoms with Crippen LogP contribution in [0, 0.1) is 0 Å². The summed E-state index contributed by atoms with van der Waals surface area (Å²) in [5.41, 5.74) is 0. The van der Waals surface area contributed by atoms with Gasteiger partial charge in [-0.2, -0.15) is 0 Å². The summed E-state index contributed by atoms with van der Waals surface area (Å²) in [7, 11) is 1.58. The van der Waals surface area contributed by atoms with E-state index in [0.717, 1.165) is 44.9 Å². The van der Waals surface area contributed by atoms with E-state index in [1.165, 1.54) is 180 Å². The number of amides is 1. The summed E-state index contributed by atoms with van der Waals surface area (Å²) in [4.78, 5) is 23.2. The third-order valence-corrected chi connectivity index (χ3v) is 12.8. The molecule has 0 saturated carbocycles. The van der Waals surface area contributed by atoms with Crippen LogP contribution in [0.5, 0.6) is 0 Å². The van der Waals surface area contributed by atoms with Crippen LogP contribution in [0.3, 0.4) is 0 Å². The lowest BCUT2D eigenvalue weighted by atomic mass is 10.0. The first kappa shape index (κ1) is 60.7. The molecule has 0 aromatic rings. The van der Waals surface area contributed by atoms with Crippen LogP contribution in [0.4, 0.5) is 0 Å². The van der Waals surface area contributed by atoms with Crippen molar-refractivity contribution in [2.45, 2.75) is 257 Å². The molecular formula is C53H104N2O6P+. The van der Waals surface area contributed by atoms with Crippen LogP contribution < -0.4 is 5.32 Å². The van der Waals surface area contributed by atoms with E-state index >= 15 is 0 Å². The molecule has 366 valence electrons. The molecule has 3 unspecified atom stereocenters. The Hall–Kier alpha value is -1.28. The predicted octanol–water partition coefficient (Wildman–Crippen LogP) is 15.4. The minimum absolute atomic E-state index is 0.0623. The first-order valence-electron chi connectivity index (χ1n) is 26.4. The van der Waals surface area contributed by atoms with E-state index in [0.29, 0.717) is 17.4 Å². The minimum atomic E-state index is -4.34. The van der Waals surface area contributed by atoms with Crippen LogP contribution in [0.2, 0.25) is 0 Å². The van der Waals surface area contributed by atoms with Crippen LogP contribution in [0.1, 0.15) is 245 Å². The molecule has 0 aliphatic heterocycles. The molecule has 0 aliphatic carbocycles. The van der Waals surface area contributed by atoms with E-state index in [1.54, 1.807) is 6.08 Å². The van der Waals surface area contributed by atoms with Gasteiger partial charge >= 0.3 is 7.82 Å². The molecule has 0 fully saturated rings. The van der Waals surface area contributed by atoms with Gasteiger partial charge in [0, 0.05) is 6.42 Å². The second kappa shape index (κ2) is 44.9. The third-order valence-electron chi connectivity index (χ3n) is 11.9. The first-order valence-corrected chi connectivity index (χ1v) is 27.9. The number of likely N-dealkylation sites (N-methyl/N-ethyl adjacent to an activating group) is 1. The standard InChI is InChI=1S/C53H103N2O6P/c1-6-8-10-12-14-16-18-20-21-22-23-24-25-26-27-28-29-30-31-32-33-35-37-39-41-43-45-47-53(57)54-51(50-61-62(58,59)60-49-48-55(3,4)5)52(56)46-44-42-40-38-36-34-19-17-15-13-11-9-7-2/h18,20,22-23,44,46,51-52,56H,6-17,19,21,24-43,45,47-50H2,1-5H3,(H-,54,57,58,59)/p+1/b20-18-,23-22-,46-44+. The fourth-order valence-corrected chi connectivity index (χ4v) is 8.40. The van der Waals surface area contributed by atoms with E-state index in [1.807, 2.05) is 27.2 Å². The Bertz CT molecular complexity index is 1110. The molecule has 62 heavy (non-hydrogen) atoms. The number of nitrogens with zero attached hydrogens (tertiary/aromatic N) is 1. The quantitative estimate of drug-likeness (QED) is 0.0243. The number of phosphoric acid groups is 1.